The van der Waals surface area contributed by atoms with E-state index in [1.165, 1.54) is 5.56 Å². The summed E-state index contributed by atoms with van der Waals surface area (Å²) in [5.41, 5.74) is 3.46. The van der Waals surface area contributed by atoms with Gasteiger partial charge in [-0.2, -0.15) is 5.26 Å². The van der Waals surface area contributed by atoms with E-state index in [1.54, 1.807) is 7.11 Å². The second-order valence-electron chi connectivity index (χ2n) is 10.1. The van der Waals surface area contributed by atoms with Crippen molar-refractivity contribution in [2.45, 2.75) is 50.7 Å². The number of methoxy groups -OCH3 is 1. The number of nitriles is 1. The smallest absolute Gasteiger partial charge is 0.124 e. The second kappa shape index (κ2) is 17.3. The third-order valence-corrected chi connectivity index (χ3v) is 7.27. The van der Waals surface area contributed by atoms with Crippen molar-refractivity contribution in [1.82, 2.24) is 5.32 Å². The van der Waals surface area contributed by atoms with Crippen LogP contribution in [0, 0.1) is 11.3 Å². The molecule has 3 aromatic rings. The van der Waals surface area contributed by atoms with Gasteiger partial charge in [-0.3, -0.25) is 0 Å². The van der Waals surface area contributed by atoms with Crippen LogP contribution in [-0.2, 0) is 22.5 Å². The summed E-state index contributed by atoms with van der Waals surface area (Å²) in [6.07, 6.45) is 4.17. The summed E-state index contributed by atoms with van der Waals surface area (Å²) in [6.45, 7) is 4.57. The van der Waals surface area contributed by atoms with E-state index in [-0.39, 0.29) is 6.10 Å². The van der Waals surface area contributed by atoms with Gasteiger partial charge < -0.3 is 29.0 Å². The third-order valence-electron chi connectivity index (χ3n) is 7.27. The highest BCUT2D eigenvalue weighted by atomic mass is 16.5. The Morgan fingerprint density at radius 2 is 1.61 bits per heavy atom. The van der Waals surface area contributed by atoms with Crippen LogP contribution in [0.3, 0.4) is 0 Å². The zero-order chi connectivity index (χ0) is 28.5. The van der Waals surface area contributed by atoms with Gasteiger partial charge in [-0.05, 0) is 61.2 Å². The molecule has 0 bridgehead atoms. The standard InChI is InChI=1S/C34H42N2O5/c1-37-32-12-4-3-11-29(32)26-38-21-8-22-39-30-16-14-27(15-17-30)31-18-20-36-25-34(31)41-24-23-40-33-13-5-2-9-28(33)10-6-7-19-35/h2-5,9,11-17,31,34,36H,6-8,10,18,20-26H2,1H3/t31-,34+/m1/s1. The Kier molecular flexibility index (Phi) is 12.8. The second-order valence-corrected chi connectivity index (χ2v) is 10.1. The fraction of sp³-hybridized carbons (Fsp3) is 0.441. The van der Waals surface area contributed by atoms with Gasteiger partial charge in [0.1, 0.15) is 23.9 Å². The molecule has 2 atom stereocenters. The van der Waals surface area contributed by atoms with Crippen LogP contribution in [0.15, 0.2) is 72.8 Å². The molecule has 0 amide bonds. The lowest BCUT2D eigenvalue weighted by Crippen LogP contribution is -2.41. The minimum atomic E-state index is 0.0883. The minimum absolute atomic E-state index is 0.0883. The number of piperidine rings is 1. The average Bonchev–Trinajstić information content (AvgIpc) is 3.02. The van der Waals surface area contributed by atoms with Gasteiger partial charge in [-0.25, -0.2) is 0 Å². The quantitative estimate of drug-likeness (QED) is 0.202. The molecule has 7 nitrogen and oxygen atoms in total. The van der Waals surface area contributed by atoms with Gasteiger partial charge in [-0.15, -0.1) is 0 Å². The maximum absolute atomic E-state index is 8.82. The van der Waals surface area contributed by atoms with E-state index in [9.17, 15) is 0 Å². The van der Waals surface area contributed by atoms with Crippen LogP contribution in [0.5, 0.6) is 17.2 Å². The first kappa shape index (κ1) is 30.4. The molecule has 0 unspecified atom stereocenters. The first-order valence-electron chi connectivity index (χ1n) is 14.6. The van der Waals surface area contributed by atoms with Crippen LogP contribution in [0.2, 0.25) is 0 Å². The van der Waals surface area contributed by atoms with E-state index in [1.807, 2.05) is 42.5 Å². The lowest BCUT2D eigenvalue weighted by atomic mass is 9.88. The van der Waals surface area contributed by atoms with Crippen LogP contribution < -0.4 is 19.5 Å². The number of hydrogen-bond donors (Lipinski definition) is 1. The van der Waals surface area contributed by atoms with E-state index in [4.69, 9.17) is 28.9 Å². The van der Waals surface area contributed by atoms with Crippen LogP contribution in [0.4, 0.5) is 0 Å². The topological polar surface area (TPSA) is 82.0 Å². The fourth-order valence-corrected chi connectivity index (χ4v) is 5.11. The minimum Gasteiger partial charge on any atom is -0.496 e. The van der Waals surface area contributed by atoms with Crippen LogP contribution in [0.25, 0.3) is 0 Å². The van der Waals surface area contributed by atoms with Crippen molar-refractivity contribution in [1.29, 1.82) is 5.26 Å². The molecule has 1 aliphatic rings. The molecule has 1 N–H and O–H groups in total. The number of para-hydroxylation sites is 2. The number of hydrogen-bond acceptors (Lipinski definition) is 7. The highest BCUT2D eigenvalue weighted by Crippen LogP contribution is 2.29. The number of nitrogens with zero attached hydrogens (tertiary/aromatic N) is 1. The molecule has 0 radical (unpaired) electrons. The van der Waals surface area contributed by atoms with Crippen molar-refractivity contribution in [3.05, 3.63) is 89.5 Å². The van der Waals surface area contributed by atoms with Gasteiger partial charge in [0.05, 0.1) is 45.7 Å². The van der Waals surface area contributed by atoms with E-state index < -0.39 is 0 Å². The average molecular weight is 559 g/mol. The molecule has 0 spiro atoms. The van der Waals surface area contributed by atoms with Crippen LogP contribution in [0.1, 0.15) is 48.3 Å². The van der Waals surface area contributed by atoms with E-state index in [2.05, 4.69) is 41.7 Å². The zero-order valence-corrected chi connectivity index (χ0v) is 24.1. The summed E-state index contributed by atoms with van der Waals surface area (Å²) < 4.78 is 29.5. The number of ether oxygens (including phenoxy) is 5. The largest absolute Gasteiger partial charge is 0.496 e. The van der Waals surface area contributed by atoms with Gasteiger partial charge in [-0.1, -0.05) is 48.5 Å². The van der Waals surface area contributed by atoms with Crippen molar-refractivity contribution in [3.63, 3.8) is 0 Å². The molecule has 7 heteroatoms. The van der Waals surface area contributed by atoms with E-state index in [0.717, 1.165) is 67.1 Å². The highest BCUT2D eigenvalue weighted by Gasteiger charge is 2.27. The van der Waals surface area contributed by atoms with Crippen molar-refractivity contribution < 1.29 is 23.7 Å². The first-order chi connectivity index (χ1) is 20.3. The third kappa shape index (κ3) is 9.79. The number of nitrogens with one attached hydrogen (secondary N) is 1. The number of aryl methyl sites for hydroxylation is 1. The Hall–Kier alpha value is -3.57. The molecule has 41 heavy (non-hydrogen) atoms. The lowest BCUT2D eigenvalue weighted by molar-refractivity contribution is 0.00721. The summed E-state index contributed by atoms with van der Waals surface area (Å²) >= 11 is 0. The molecule has 1 aliphatic heterocycles. The normalized spacial score (nSPS) is 16.6. The Labute approximate surface area is 244 Å². The molecule has 1 heterocycles. The molecule has 218 valence electrons. The molecule has 0 aromatic heterocycles. The molecule has 4 rings (SSSR count). The number of unbranched alkanes of at least 4 members (excludes halogenated alkanes) is 1. The Bertz CT molecular complexity index is 1210. The van der Waals surface area contributed by atoms with Crippen LogP contribution >= 0.6 is 0 Å². The molecule has 0 aliphatic carbocycles. The van der Waals surface area contributed by atoms with Gasteiger partial charge in [0.25, 0.3) is 0 Å². The van der Waals surface area contributed by atoms with Gasteiger partial charge in [0, 0.05) is 30.9 Å². The zero-order valence-electron chi connectivity index (χ0n) is 24.1. The summed E-state index contributed by atoms with van der Waals surface area (Å²) in [7, 11) is 1.68. The maximum Gasteiger partial charge on any atom is 0.124 e. The molecule has 3 aromatic carbocycles. The predicted molar refractivity (Wildman–Crippen MR) is 160 cm³/mol. The van der Waals surface area contributed by atoms with Crippen molar-refractivity contribution in [3.8, 4) is 23.3 Å². The van der Waals surface area contributed by atoms with E-state index in [0.29, 0.717) is 45.4 Å². The predicted octanol–water partition coefficient (Wildman–Crippen LogP) is 6.07. The summed E-state index contributed by atoms with van der Waals surface area (Å²) in [5, 5.41) is 12.3. The molecular weight excluding hydrogens is 516 g/mol. The van der Waals surface area contributed by atoms with Gasteiger partial charge in [0.2, 0.25) is 0 Å². The maximum atomic E-state index is 8.82. The molecule has 0 saturated carbocycles. The van der Waals surface area contributed by atoms with Gasteiger partial charge >= 0.3 is 0 Å². The number of benzene rings is 3. The van der Waals surface area contributed by atoms with E-state index >= 15 is 0 Å². The Balaban J connectivity index is 1.17. The Morgan fingerprint density at radius 3 is 2.41 bits per heavy atom. The molecular formula is C34H42N2O5. The van der Waals surface area contributed by atoms with Crippen molar-refractivity contribution in [2.24, 2.45) is 0 Å². The SMILES string of the molecule is COc1ccccc1COCCCOc1ccc([C@H]2CCNC[C@@H]2OCCOc2ccccc2CCCC#N)cc1. The highest BCUT2D eigenvalue weighted by molar-refractivity contribution is 5.34. The van der Waals surface area contributed by atoms with Crippen LogP contribution in [-0.4, -0.2) is 52.7 Å². The number of rotatable bonds is 17. The van der Waals surface area contributed by atoms with Crippen molar-refractivity contribution >= 4 is 0 Å². The first-order valence-corrected chi connectivity index (χ1v) is 14.6. The monoisotopic (exact) mass is 558 g/mol. The molecule has 1 saturated heterocycles. The summed E-state index contributed by atoms with van der Waals surface area (Å²) in [6, 6.07) is 26.6. The molecule has 1 fully saturated rings. The van der Waals surface area contributed by atoms with Gasteiger partial charge in [0.15, 0.2) is 0 Å². The van der Waals surface area contributed by atoms with Crippen molar-refractivity contribution in [2.75, 3.05) is 46.6 Å². The summed E-state index contributed by atoms with van der Waals surface area (Å²) in [4.78, 5) is 0. The lowest BCUT2D eigenvalue weighted by Gasteiger charge is -2.32. The fourth-order valence-electron chi connectivity index (χ4n) is 5.11. The Morgan fingerprint density at radius 1 is 0.829 bits per heavy atom. The summed E-state index contributed by atoms with van der Waals surface area (Å²) in [5.74, 6) is 2.92.